The third-order valence-electron chi connectivity index (χ3n) is 3.45. The summed E-state index contributed by atoms with van der Waals surface area (Å²) >= 11 is 0. The molecule has 1 fully saturated rings. The van der Waals surface area contributed by atoms with Crippen molar-refractivity contribution >= 4 is 0 Å². The summed E-state index contributed by atoms with van der Waals surface area (Å²) in [5, 5.41) is 7.51. The number of nitrogens with one attached hydrogen (secondary N) is 1. The summed E-state index contributed by atoms with van der Waals surface area (Å²) in [6.07, 6.45) is 1.59. The van der Waals surface area contributed by atoms with Gasteiger partial charge in [-0.2, -0.15) is 5.10 Å². The maximum atomic E-state index is 4.20. The number of hydrogen-bond donors (Lipinski definition) is 1. The predicted molar refractivity (Wildman–Crippen MR) is 66.6 cm³/mol. The van der Waals surface area contributed by atoms with Crippen molar-refractivity contribution in [3.05, 3.63) is 12.2 Å². The highest BCUT2D eigenvalue weighted by atomic mass is 15.3. The molecule has 17 heavy (non-hydrogen) atoms. The van der Waals surface area contributed by atoms with Gasteiger partial charge in [0.25, 0.3) is 0 Å². The van der Waals surface area contributed by atoms with Crippen LogP contribution in [0.15, 0.2) is 6.33 Å². The molecule has 2 heterocycles. The fourth-order valence-electron chi connectivity index (χ4n) is 2.15. The van der Waals surface area contributed by atoms with Crippen molar-refractivity contribution in [2.45, 2.75) is 12.6 Å². The highest BCUT2D eigenvalue weighted by molar-refractivity contribution is 4.85. The van der Waals surface area contributed by atoms with Crippen LogP contribution >= 0.6 is 0 Å². The van der Waals surface area contributed by atoms with E-state index in [1.54, 1.807) is 6.33 Å². The zero-order chi connectivity index (χ0) is 12.3. The Morgan fingerprint density at radius 3 is 2.88 bits per heavy atom. The van der Waals surface area contributed by atoms with Gasteiger partial charge in [0, 0.05) is 39.3 Å². The second kappa shape index (κ2) is 5.57. The van der Waals surface area contributed by atoms with Crippen molar-refractivity contribution in [2.75, 3.05) is 40.3 Å². The topological polar surface area (TPSA) is 49.2 Å². The van der Waals surface area contributed by atoms with Crippen molar-refractivity contribution in [2.24, 2.45) is 7.05 Å². The highest BCUT2D eigenvalue weighted by Crippen LogP contribution is 2.04. The Morgan fingerprint density at radius 2 is 2.18 bits per heavy atom. The Hall–Kier alpha value is -0.980. The Labute approximate surface area is 103 Å². The molecule has 6 nitrogen and oxygen atoms in total. The lowest BCUT2D eigenvalue weighted by molar-refractivity contribution is 0.113. The van der Waals surface area contributed by atoms with E-state index < -0.39 is 0 Å². The van der Waals surface area contributed by atoms with Gasteiger partial charge in [-0.15, -0.1) is 0 Å². The number of aryl methyl sites for hydroxylation is 1. The Morgan fingerprint density at radius 1 is 1.35 bits per heavy atom. The van der Waals surface area contributed by atoms with E-state index in [2.05, 4.69) is 39.3 Å². The molecular weight excluding hydrogens is 216 g/mol. The van der Waals surface area contributed by atoms with E-state index in [-0.39, 0.29) is 0 Å². The van der Waals surface area contributed by atoms with Crippen LogP contribution in [0, 0.1) is 0 Å². The van der Waals surface area contributed by atoms with Crippen LogP contribution in [-0.4, -0.2) is 70.9 Å². The zero-order valence-corrected chi connectivity index (χ0v) is 10.9. The van der Waals surface area contributed by atoms with Crippen LogP contribution in [0.1, 0.15) is 5.82 Å². The molecule has 1 aliphatic rings. The van der Waals surface area contributed by atoms with Gasteiger partial charge in [-0.1, -0.05) is 0 Å². The SMILES string of the molecule is CN1CCN(C)C(CNCc2ncnn2C)C1. The third-order valence-corrected chi connectivity index (χ3v) is 3.45. The summed E-state index contributed by atoms with van der Waals surface area (Å²) in [5.74, 6) is 0.983. The molecule has 1 atom stereocenters. The first-order chi connectivity index (χ1) is 8.16. The smallest absolute Gasteiger partial charge is 0.140 e. The van der Waals surface area contributed by atoms with Gasteiger partial charge in [0.2, 0.25) is 0 Å². The minimum atomic E-state index is 0.585. The van der Waals surface area contributed by atoms with Gasteiger partial charge >= 0.3 is 0 Å². The van der Waals surface area contributed by atoms with Gasteiger partial charge in [0.1, 0.15) is 12.2 Å². The van der Waals surface area contributed by atoms with E-state index in [0.29, 0.717) is 6.04 Å². The molecule has 1 N–H and O–H groups in total. The van der Waals surface area contributed by atoms with Gasteiger partial charge in [-0.25, -0.2) is 4.98 Å². The molecule has 1 aromatic rings. The molecule has 1 aromatic heterocycles. The van der Waals surface area contributed by atoms with Crippen LogP contribution in [0.5, 0.6) is 0 Å². The molecule has 0 radical (unpaired) electrons. The van der Waals surface area contributed by atoms with Crippen molar-refractivity contribution in [1.82, 2.24) is 29.9 Å². The van der Waals surface area contributed by atoms with Gasteiger partial charge < -0.3 is 10.2 Å². The van der Waals surface area contributed by atoms with E-state index in [1.165, 1.54) is 0 Å². The molecule has 1 unspecified atom stereocenters. The van der Waals surface area contributed by atoms with E-state index in [9.17, 15) is 0 Å². The quantitative estimate of drug-likeness (QED) is 0.740. The number of piperazine rings is 1. The first-order valence-corrected chi connectivity index (χ1v) is 6.09. The predicted octanol–water partition coefficient (Wildman–Crippen LogP) is -0.849. The molecule has 1 aliphatic heterocycles. The van der Waals surface area contributed by atoms with E-state index in [0.717, 1.165) is 38.5 Å². The normalized spacial score (nSPS) is 23.1. The monoisotopic (exact) mass is 238 g/mol. The molecule has 96 valence electrons. The van der Waals surface area contributed by atoms with Crippen molar-refractivity contribution in [3.8, 4) is 0 Å². The Balaban J connectivity index is 1.76. The van der Waals surface area contributed by atoms with E-state index in [4.69, 9.17) is 0 Å². The molecule has 0 amide bonds. The van der Waals surface area contributed by atoms with Crippen molar-refractivity contribution in [3.63, 3.8) is 0 Å². The number of hydrogen-bond acceptors (Lipinski definition) is 5. The number of nitrogens with zero attached hydrogens (tertiary/aromatic N) is 5. The van der Waals surface area contributed by atoms with E-state index in [1.807, 2.05) is 11.7 Å². The Bertz CT molecular complexity index is 349. The van der Waals surface area contributed by atoms with Crippen LogP contribution < -0.4 is 5.32 Å². The molecule has 0 spiro atoms. The molecular formula is C11H22N6. The van der Waals surface area contributed by atoms with Gasteiger partial charge in [0.15, 0.2) is 0 Å². The van der Waals surface area contributed by atoms with Crippen LogP contribution in [0.3, 0.4) is 0 Å². The maximum Gasteiger partial charge on any atom is 0.140 e. The fourth-order valence-corrected chi connectivity index (χ4v) is 2.15. The highest BCUT2D eigenvalue weighted by Gasteiger charge is 2.21. The van der Waals surface area contributed by atoms with E-state index >= 15 is 0 Å². The molecule has 0 aromatic carbocycles. The zero-order valence-electron chi connectivity index (χ0n) is 10.9. The fraction of sp³-hybridized carbons (Fsp3) is 0.818. The summed E-state index contributed by atoms with van der Waals surface area (Å²) in [6.45, 7) is 5.21. The number of aromatic nitrogens is 3. The number of rotatable bonds is 4. The van der Waals surface area contributed by atoms with Crippen LogP contribution in [0.2, 0.25) is 0 Å². The molecule has 0 bridgehead atoms. The summed E-state index contributed by atoms with van der Waals surface area (Å²) in [5.41, 5.74) is 0. The Kier molecular flexibility index (Phi) is 4.09. The van der Waals surface area contributed by atoms with Gasteiger partial charge in [0.05, 0.1) is 6.54 Å². The summed E-state index contributed by atoms with van der Waals surface area (Å²) in [4.78, 5) is 9.00. The lowest BCUT2D eigenvalue weighted by Gasteiger charge is -2.37. The number of likely N-dealkylation sites (N-methyl/N-ethyl adjacent to an activating group) is 2. The standard InChI is InChI=1S/C11H22N6/c1-15-4-5-16(2)10(8-15)6-12-7-11-13-9-14-17(11)3/h9-10,12H,4-8H2,1-3H3. The van der Waals surface area contributed by atoms with Crippen molar-refractivity contribution in [1.29, 1.82) is 0 Å². The van der Waals surface area contributed by atoms with Gasteiger partial charge in [-0.3, -0.25) is 9.58 Å². The summed E-state index contributed by atoms with van der Waals surface area (Å²) in [7, 11) is 6.30. The second-order valence-corrected chi connectivity index (χ2v) is 4.83. The molecule has 1 saturated heterocycles. The first kappa shape index (κ1) is 12.5. The summed E-state index contributed by atoms with van der Waals surface area (Å²) < 4.78 is 1.81. The maximum absolute atomic E-state index is 4.20. The molecule has 0 aliphatic carbocycles. The average Bonchev–Trinajstić information content (AvgIpc) is 2.70. The molecule has 0 saturated carbocycles. The first-order valence-electron chi connectivity index (χ1n) is 6.09. The van der Waals surface area contributed by atoms with Crippen LogP contribution in [0.4, 0.5) is 0 Å². The lowest BCUT2D eigenvalue weighted by Crippen LogP contribution is -2.53. The summed E-state index contributed by atoms with van der Waals surface area (Å²) in [6, 6.07) is 0.585. The van der Waals surface area contributed by atoms with Crippen LogP contribution in [0.25, 0.3) is 0 Å². The van der Waals surface area contributed by atoms with Gasteiger partial charge in [-0.05, 0) is 14.1 Å². The third kappa shape index (κ3) is 3.24. The largest absolute Gasteiger partial charge is 0.308 e. The average molecular weight is 238 g/mol. The second-order valence-electron chi connectivity index (χ2n) is 4.83. The minimum absolute atomic E-state index is 0.585. The molecule has 6 heteroatoms. The van der Waals surface area contributed by atoms with Crippen molar-refractivity contribution < 1.29 is 0 Å². The minimum Gasteiger partial charge on any atom is -0.308 e. The molecule has 2 rings (SSSR count). The lowest BCUT2D eigenvalue weighted by atomic mass is 10.2. The van der Waals surface area contributed by atoms with Crippen LogP contribution in [-0.2, 0) is 13.6 Å².